The van der Waals surface area contributed by atoms with Crippen LogP contribution in [0.3, 0.4) is 0 Å². The summed E-state index contributed by atoms with van der Waals surface area (Å²) in [6.07, 6.45) is -7.76. The lowest BCUT2D eigenvalue weighted by atomic mass is 10.1. The molecular formula is C21H29N7O16P3S+. The summed E-state index contributed by atoms with van der Waals surface area (Å²) in [7, 11) is -16.2. The number of hydrogen-bond acceptors (Lipinski definition) is 17. The molecule has 3 aromatic rings. The zero-order valence-electron chi connectivity index (χ0n) is 23.9. The Morgan fingerprint density at radius 1 is 0.979 bits per heavy atom. The van der Waals surface area contributed by atoms with Crippen molar-refractivity contribution in [3.63, 3.8) is 0 Å². The van der Waals surface area contributed by atoms with Crippen LogP contribution in [0.25, 0.3) is 11.2 Å². The number of aliphatic hydroxyl groups excluding tert-OH is 3. The van der Waals surface area contributed by atoms with E-state index in [9.17, 15) is 48.6 Å². The monoisotopic (exact) mass is 760 g/mol. The summed E-state index contributed by atoms with van der Waals surface area (Å²) in [6, 6.07) is 3.13. The maximum absolute atomic E-state index is 12.6. The third-order valence-electron chi connectivity index (χ3n) is 6.98. The van der Waals surface area contributed by atoms with Gasteiger partial charge in [-0.05, 0) is 6.07 Å². The van der Waals surface area contributed by atoms with E-state index in [1.54, 1.807) is 12.1 Å². The van der Waals surface area contributed by atoms with E-state index in [0.29, 0.717) is 5.56 Å². The fraction of sp³-hybridized carbons (Fsp3) is 0.476. The van der Waals surface area contributed by atoms with Gasteiger partial charge < -0.3 is 55.8 Å². The number of rotatable bonds is 13. The first kappa shape index (κ1) is 36.8. The highest BCUT2D eigenvalue weighted by Crippen LogP contribution is 2.61. The number of phosphoric ester groups is 3. The van der Waals surface area contributed by atoms with Crippen LogP contribution in [0.5, 0.6) is 0 Å². The van der Waals surface area contributed by atoms with Gasteiger partial charge in [-0.25, -0.2) is 28.6 Å². The lowest BCUT2D eigenvalue weighted by Gasteiger charge is -2.22. The fourth-order valence-corrected chi connectivity index (χ4v) is 7.59. The molecule has 0 aliphatic carbocycles. The number of hydrogen-bond donors (Lipinski definition) is 9. The Labute approximate surface area is 274 Å². The van der Waals surface area contributed by atoms with Crippen LogP contribution < -0.4 is 16.0 Å². The predicted octanol–water partition coefficient (Wildman–Crippen LogP) is -2.36. The number of aliphatic hydroxyl groups is 3. The van der Waals surface area contributed by atoms with Gasteiger partial charge in [0.1, 0.15) is 47.4 Å². The molecule has 0 bridgehead atoms. The third-order valence-corrected chi connectivity index (χ3v) is 10.3. The molecule has 4 unspecified atom stereocenters. The highest BCUT2D eigenvalue weighted by molar-refractivity contribution is 7.80. The molecule has 5 heterocycles. The molecule has 2 aliphatic heterocycles. The predicted molar refractivity (Wildman–Crippen MR) is 158 cm³/mol. The number of phosphoric acid groups is 3. The van der Waals surface area contributed by atoms with Gasteiger partial charge in [-0.15, -0.1) is 0 Å². The van der Waals surface area contributed by atoms with Gasteiger partial charge in [0.2, 0.25) is 0 Å². The maximum Gasteiger partial charge on any atom is 0.481 e. The third kappa shape index (κ3) is 8.29. The Balaban J connectivity index is 1.21. The lowest BCUT2D eigenvalue weighted by Crippen LogP contribution is -2.46. The minimum atomic E-state index is -5.50. The number of pyridine rings is 1. The van der Waals surface area contributed by atoms with E-state index >= 15 is 0 Å². The van der Waals surface area contributed by atoms with Crippen molar-refractivity contribution in [1.29, 1.82) is 0 Å². The summed E-state index contributed by atoms with van der Waals surface area (Å²) < 4.78 is 68.7. The summed E-state index contributed by atoms with van der Waals surface area (Å²) >= 11 is 4.92. The molecule has 48 heavy (non-hydrogen) atoms. The van der Waals surface area contributed by atoms with Gasteiger partial charge in [-0.2, -0.15) is 8.88 Å². The molecule has 10 atom stereocenters. The number of thiocarbonyl (C=S) groups is 1. The molecule has 0 amide bonds. The Morgan fingerprint density at radius 3 is 2.25 bits per heavy atom. The summed E-state index contributed by atoms with van der Waals surface area (Å²) in [5.74, 6) is -0.0510. The lowest BCUT2D eigenvalue weighted by molar-refractivity contribution is -0.765. The van der Waals surface area contributed by atoms with E-state index in [-0.39, 0.29) is 22.0 Å². The van der Waals surface area contributed by atoms with Crippen LogP contribution in [-0.4, -0.2) is 109 Å². The topological polar surface area (TPSA) is 348 Å². The summed E-state index contributed by atoms with van der Waals surface area (Å²) in [5, 5.41) is 31.6. The van der Waals surface area contributed by atoms with Crippen molar-refractivity contribution in [2.45, 2.75) is 49.1 Å². The maximum atomic E-state index is 12.6. The van der Waals surface area contributed by atoms with Gasteiger partial charge >= 0.3 is 23.5 Å². The smallest absolute Gasteiger partial charge is 0.389 e. The summed E-state index contributed by atoms with van der Waals surface area (Å²) in [5.41, 5.74) is 11.9. The van der Waals surface area contributed by atoms with Gasteiger partial charge in [0, 0.05) is 6.07 Å². The quantitative estimate of drug-likeness (QED) is 0.0499. The molecule has 264 valence electrons. The number of ether oxygens (including phenoxy) is 2. The van der Waals surface area contributed by atoms with Crippen molar-refractivity contribution in [2.75, 3.05) is 18.9 Å². The van der Waals surface area contributed by atoms with Crippen LogP contribution in [0.2, 0.25) is 0 Å². The summed E-state index contributed by atoms with van der Waals surface area (Å²) in [4.78, 5) is 50.8. The zero-order valence-corrected chi connectivity index (χ0v) is 27.4. The standard InChI is InChI=1S/C21H28N7O16P3S/c22-17-12-19(25-7-24-17)28(8-26-12)21-16(43-45(32,33)34)14(30)11(42-21)6-40-47(37,38)44-46(35,36)39-5-10-13(29)15(31)20(41-10)27-3-1-2-9(4-27)18(23)48/h1-4,7-8,10-11,13-16,20-21,29-31H,5-6H2,(H7-,22,23,24,25,32,33,34,35,36,37,38,48)/p+1/t10-,11+,13?,14+,15?,16+,20+,21+/m0/s1. The molecule has 2 fully saturated rings. The Hall–Kier alpha value is -2.44. The molecule has 0 spiro atoms. The van der Waals surface area contributed by atoms with Crippen molar-refractivity contribution in [2.24, 2.45) is 5.73 Å². The molecule has 2 saturated heterocycles. The highest BCUT2D eigenvalue weighted by Gasteiger charge is 2.51. The van der Waals surface area contributed by atoms with Crippen LogP contribution >= 0.6 is 35.7 Å². The van der Waals surface area contributed by atoms with E-state index in [4.69, 9.17) is 46.7 Å². The number of nitrogens with two attached hydrogens (primary N) is 2. The SMILES string of the molecule is NC(=S)c1ccc[n+]([C@@H]2O[C@@H](COP(=O)(O)OP(=O)(O)OC[C@H]3O[C@@H](n4cnc5c(N)ncnc54)[C@H](OP(=O)(O)O)[C@@H]3O)C(O)C2O)c1. The van der Waals surface area contributed by atoms with Gasteiger partial charge in [-0.1, -0.05) is 12.2 Å². The van der Waals surface area contributed by atoms with Gasteiger partial charge in [0.25, 0.3) is 6.23 Å². The van der Waals surface area contributed by atoms with Crippen LogP contribution in [-0.2, 0) is 41.1 Å². The first-order valence-corrected chi connectivity index (χ1v) is 18.3. The molecule has 0 saturated carbocycles. The number of fused-ring (bicyclic) bond motifs is 1. The number of nitrogens with zero attached hydrogens (tertiary/aromatic N) is 5. The normalized spacial score (nSPS) is 30.3. The van der Waals surface area contributed by atoms with Gasteiger partial charge in [0.05, 0.1) is 25.1 Å². The van der Waals surface area contributed by atoms with Crippen molar-refractivity contribution in [3.8, 4) is 0 Å². The number of anilines is 1. The molecular weight excluding hydrogens is 731 g/mol. The van der Waals surface area contributed by atoms with Crippen molar-refractivity contribution in [3.05, 3.63) is 42.7 Å². The summed E-state index contributed by atoms with van der Waals surface area (Å²) in [6.45, 7) is -1.98. The number of imidazole rings is 1. The van der Waals surface area contributed by atoms with E-state index in [1.165, 1.54) is 17.0 Å². The molecule has 0 aromatic carbocycles. The second kappa shape index (κ2) is 14.1. The Kier molecular flexibility index (Phi) is 10.8. The molecule has 0 radical (unpaired) electrons. The molecule has 11 N–H and O–H groups in total. The first-order valence-electron chi connectivity index (χ1n) is 13.3. The molecule has 27 heteroatoms. The van der Waals surface area contributed by atoms with E-state index in [2.05, 4.69) is 19.3 Å². The van der Waals surface area contributed by atoms with Crippen LogP contribution in [0.4, 0.5) is 5.82 Å². The van der Waals surface area contributed by atoms with Crippen LogP contribution in [0.1, 0.15) is 18.0 Å². The average molecular weight is 760 g/mol. The van der Waals surface area contributed by atoms with Crippen molar-refractivity contribution >= 4 is 57.7 Å². The minimum absolute atomic E-state index is 0.0112. The van der Waals surface area contributed by atoms with Crippen LogP contribution in [0, 0.1) is 0 Å². The molecule has 2 aliphatic rings. The van der Waals surface area contributed by atoms with Gasteiger partial charge in [-0.3, -0.25) is 18.1 Å². The second-order valence-electron chi connectivity index (χ2n) is 10.3. The Morgan fingerprint density at radius 2 is 1.62 bits per heavy atom. The Bertz CT molecular complexity index is 1820. The highest BCUT2D eigenvalue weighted by atomic mass is 32.1. The van der Waals surface area contributed by atoms with E-state index in [1.807, 2.05) is 0 Å². The second-order valence-corrected chi connectivity index (χ2v) is 14.9. The number of nitrogen functional groups attached to an aromatic ring is 1. The molecule has 23 nitrogen and oxygen atoms in total. The van der Waals surface area contributed by atoms with Gasteiger partial charge in [0.15, 0.2) is 36.2 Å². The molecule has 3 aromatic heterocycles. The van der Waals surface area contributed by atoms with E-state index in [0.717, 1.165) is 17.2 Å². The van der Waals surface area contributed by atoms with Crippen molar-refractivity contribution in [1.82, 2.24) is 19.5 Å². The zero-order chi connectivity index (χ0) is 35.2. The van der Waals surface area contributed by atoms with Crippen molar-refractivity contribution < 1.29 is 80.5 Å². The number of aromatic nitrogens is 5. The molecule has 5 rings (SSSR count). The average Bonchev–Trinajstić information content (AvgIpc) is 3.64. The first-order chi connectivity index (χ1) is 22.4. The minimum Gasteiger partial charge on any atom is -0.389 e. The largest absolute Gasteiger partial charge is 0.481 e. The van der Waals surface area contributed by atoms with E-state index < -0.39 is 85.8 Å². The fourth-order valence-electron chi connectivity index (χ4n) is 4.83. The van der Waals surface area contributed by atoms with Crippen LogP contribution in [0.15, 0.2) is 37.2 Å².